The van der Waals surface area contributed by atoms with Crippen molar-refractivity contribution < 1.29 is 38.6 Å². The lowest BCUT2D eigenvalue weighted by Gasteiger charge is -2.49. The molecule has 0 bridgehead atoms. The van der Waals surface area contributed by atoms with Crippen LogP contribution in [0.3, 0.4) is 0 Å². The van der Waals surface area contributed by atoms with E-state index in [1.165, 1.54) is 29.0 Å². The summed E-state index contributed by atoms with van der Waals surface area (Å²) in [6.45, 7) is 1.38. The molecule has 1 aliphatic carbocycles. The standard InChI is InChI=1S/C28H30N6O8S2/c1-15(41-28(38)42-18-7-3-2-4-8-18)40-26(37)22-17(10-9-16-6-5-11-30-12-16)13-43-25-21(24(36)34(22)25)32-23(35)20(33-39)19-14-44-27(29)31-19/h5-6,9-12,14-15,18,21,25,39H,2-4,7-8,13H2,1H3,(H2,29,31)(H,32,35)/b10-9+,33-20-/t15?,21-,25-/m1/s1. The summed E-state index contributed by atoms with van der Waals surface area (Å²) in [4.78, 5) is 61.3. The minimum atomic E-state index is -1.30. The number of carbonyl (C=O) groups is 4. The van der Waals surface area contributed by atoms with E-state index in [1.54, 1.807) is 30.6 Å². The molecule has 1 saturated heterocycles. The number of amides is 2. The molecule has 0 spiro atoms. The number of ether oxygens (including phenoxy) is 3. The highest BCUT2D eigenvalue weighted by molar-refractivity contribution is 8.00. The lowest BCUT2D eigenvalue weighted by molar-refractivity contribution is -0.169. The number of nitrogens with zero attached hydrogens (tertiary/aromatic N) is 4. The van der Waals surface area contributed by atoms with Gasteiger partial charge in [-0.3, -0.25) is 19.5 Å². The average Bonchev–Trinajstić information content (AvgIpc) is 3.44. The van der Waals surface area contributed by atoms with Gasteiger partial charge in [0.05, 0.1) is 0 Å². The molecule has 2 aromatic heterocycles. The van der Waals surface area contributed by atoms with Gasteiger partial charge in [0.15, 0.2) is 10.8 Å². The van der Waals surface area contributed by atoms with E-state index in [4.69, 9.17) is 19.9 Å². The number of nitrogens with two attached hydrogens (primary N) is 1. The first-order valence-corrected chi connectivity index (χ1v) is 15.8. The Morgan fingerprint density at radius 2 is 2.02 bits per heavy atom. The van der Waals surface area contributed by atoms with Crippen molar-refractivity contribution >= 4 is 64.0 Å². The van der Waals surface area contributed by atoms with E-state index in [0.717, 1.165) is 49.0 Å². The molecule has 2 fully saturated rings. The Morgan fingerprint density at radius 1 is 1.23 bits per heavy atom. The summed E-state index contributed by atoms with van der Waals surface area (Å²) in [7, 11) is 0. The summed E-state index contributed by atoms with van der Waals surface area (Å²) in [5.74, 6) is -2.04. The number of β-lactam (4-membered cyclic amide) rings is 1. The van der Waals surface area contributed by atoms with Gasteiger partial charge in [0, 0.05) is 30.5 Å². The number of hydrogen-bond donors (Lipinski definition) is 3. The van der Waals surface area contributed by atoms with Gasteiger partial charge in [0.1, 0.15) is 28.9 Å². The monoisotopic (exact) mass is 642 g/mol. The van der Waals surface area contributed by atoms with Crippen LogP contribution in [0.5, 0.6) is 0 Å². The highest BCUT2D eigenvalue weighted by Crippen LogP contribution is 2.41. The minimum Gasteiger partial charge on any atom is -0.431 e. The number of rotatable bonds is 9. The number of fused-ring (bicyclic) bond motifs is 1. The molecule has 44 heavy (non-hydrogen) atoms. The van der Waals surface area contributed by atoms with Gasteiger partial charge in [-0.2, -0.15) is 0 Å². The van der Waals surface area contributed by atoms with Crippen LogP contribution in [0.2, 0.25) is 0 Å². The molecule has 2 amide bonds. The Balaban J connectivity index is 1.31. The van der Waals surface area contributed by atoms with E-state index >= 15 is 0 Å². The number of hydrogen-bond acceptors (Lipinski definition) is 14. The number of oxime groups is 1. The van der Waals surface area contributed by atoms with E-state index < -0.39 is 47.4 Å². The number of aromatic nitrogens is 2. The number of nitrogen functional groups attached to an aromatic ring is 1. The molecule has 3 atom stereocenters. The first-order valence-electron chi connectivity index (χ1n) is 13.8. The SMILES string of the molecule is CC(OC(=O)OC1CCCCC1)OC(=O)C1=C(/C=C/c2cccnc2)CS[C@@H]2[C@H](NC(=O)/C(=N\O)c3csc(N)n3)C(=O)N12. The first-order chi connectivity index (χ1) is 21.2. The Morgan fingerprint density at radius 3 is 2.70 bits per heavy atom. The molecular formula is C28H30N6O8S2. The van der Waals surface area contributed by atoms with Crippen LogP contribution in [0.15, 0.2) is 52.4 Å². The maximum Gasteiger partial charge on any atom is 0.511 e. The highest BCUT2D eigenvalue weighted by atomic mass is 32.2. The Labute approximate surface area is 260 Å². The zero-order valence-electron chi connectivity index (χ0n) is 23.6. The summed E-state index contributed by atoms with van der Waals surface area (Å²) in [6.07, 6.45) is 8.72. The molecule has 232 valence electrons. The molecule has 4 N–H and O–H groups in total. The number of anilines is 1. The Hall–Kier alpha value is -4.44. The Bertz CT molecular complexity index is 1500. The molecule has 5 rings (SSSR count). The summed E-state index contributed by atoms with van der Waals surface area (Å²) >= 11 is 2.37. The number of nitrogens with one attached hydrogen (secondary N) is 1. The van der Waals surface area contributed by atoms with Crippen molar-refractivity contribution in [2.24, 2.45) is 5.16 Å². The van der Waals surface area contributed by atoms with Crippen LogP contribution >= 0.6 is 23.1 Å². The zero-order valence-corrected chi connectivity index (χ0v) is 25.2. The van der Waals surface area contributed by atoms with Crippen LogP contribution in [0, 0.1) is 0 Å². The molecule has 3 aliphatic rings. The number of allylic oxidation sites excluding steroid dienone is 1. The number of thioether (sulfide) groups is 1. The van der Waals surface area contributed by atoms with Gasteiger partial charge in [0.25, 0.3) is 11.8 Å². The molecular weight excluding hydrogens is 612 g/mol. The molecule has 4 heterocycles. The maximum absolute atomic E-state index is 13.5. The zero-order chi connectivity index (χ0) is 31.2. The lowest BCUT2D eigenvalue weighted by Crippen LogP contribution is -2.71. The van der Waals surface area contributed by atoms with Crippen molar-refractivity contribution in [2.45, 2.75) is 62.8 Å². The average molecular weight is 643 g/mol. The van der Waals surface area contributed by atoms with E-state index in [-0.39, 0.29) is 28.4 Å². The topological polar surface area (TPSA) is 196 Å². The Kier molecular flexibility index (Phi) is 9.79. The summed E-state index contributed by atoms with van der Waals surface area (Å²) in [6, 6.07) is 2.55. The van der Waals surface area contributed by atoms with Gasteiger partial charge >= 0.3 is 12.1 Å². The van der Waals surface area contributed by atoms with E-state index in [2.05, 4.69) is 20.4 Å². The lowest BCUT2D eigenvalue weighted by atomic mass is 9.98. The van der Waals surface area contributed by atoms with Crippen molar-refractivity contribution in [3.8, 4) is 0 Å². The fourth-order valence-electron chi connectivity index (χ4n) is 4.96. The molecule has 2 aromatic rings. The second-order valence-electron chi connectivity index (χ2n) is 10.1. The van der Waals surface area contributed by atoms with Gasteiger partial charge in [-0.05, 0) is 42.9 Å². The number of esters is 1. The second-order valence-corrected chi connectivity index (χ2v) is 12.1. The van der Waals surface area contributed by atoms with Gasteiger partial charge in [-0.15, -0.1) is 23.1 Å². The van der Waals surface area contributed by atoms with Crippen LogP contribution in [-0.4, -0.2) is 79.3 Å². The van der Waals surface area contributed by atoms with Crippen LogP contribution in [0.1, 0.15) is 50.3 Å². The number of pyridine rings is 1. The van der Waals surface area contributed by atoms with E-state index in [9.17, 15) is 24.4 Å². The molecule has 0 aromatic carbocycles. The van der Waals surface area contributed by atoms with Gasteiger partial charge in [-0.25, -0.2) is 14.6 Å². The van der Waals surface area contributed by atoms with Crippen molar-refractivity contribution in [3.63, 3.8) is 0 Å². The second kappa shape index (κ2) is 13.9. The fourth-order valence-corrected chi connectivity index (χ4v) is 6.83. The third-order valence-electron chi connectivity index (χ3n) is 7.07. The molecule has 1 saturated carbocycles. The largest absolute Gasteiger partial charge is 0.511 e. The third kappa shape index (κ3) is 7.02. The van der Waals surface area contributed by atoms with Crippen LogP contribution in [0.25, 0.3) is 6.08 Å². The van der Waals surface area contributed by atoms with Crippen molar-refractivity contribution in [2.75, 3.05) is 11.5 Å². The fraction of sp³-hybridized carbons (Fsp3) is 0.393. The first kappa shape index (κ1) is 31.0. The molecule has 1 unspecified atom stereocenters. The van der Waals surface area contributed by atoms with Crippen LogP contribution in [0.4, 0.5) is 9.93 Å². The predicted octanol–water partition coefficient (Wildman–Crippen LogP) is 3.04. The number of thiazole rings is 1. The molecule has 16 heteroatoms. The highest BCUT2D eigenvalue weighted by Gasteiger charge is 2.54. The normalized spacial score (nSPS) is 21.3. The maximum atomic E-state index is 13.5. The minimum absolute atomic E-state index is 0.0513. The molecule has 14 nitrogen and oxygen atoms in total. The summed E-state index contributed by atoms with van der Waals surface area (Å²) in [5.41, 5.74) is 6.45. The van der Waals surface area contributed by atoms with Crippen molar-refractivity contribution in [3.05, 3.63) is 58.5 Å². The summed E-state index contributed by atoms with van der Waals surface area (Å²) in [5, 5.41) is 16.0. The van der Waals surface area contributed by atoms with Crippen molar-refractivity contribution in [1.82, 2.24) is 20.2 Å². The molecule has 2 aliphatic heterocycles. The van der Waals surface area contributed by atoms with E-state index in [0.29, 0.717) is 5.57 Å². The van der Waals surface area contributed by atoms with E-state index in [1.807, 2.05) is 6.07 Å². The van der Waals surface area contributed by atoms with Crippen molar-refractivity contribution in [1.29, 1.82) is 0 Å². The van der Waals surface area contributed by atoms with Crippen LogP contribution < -0.4 is 11.1 Å². The predicted molar refractivity (Wildman–Crippen MR) is 160 cm³/mol. The quantitative estimate of drug-likeness (QED) is 0.0905. The summed E-state index contributed by atoms with van der Waals surface area (Å²) < 4.78 is 16.0. The van der Waals surface area contributed by atoms with Crippen LogP contribution in [-0.2, 0) is 28.6 Å². The smallest absolute Gasteiger partial charge is 0.431 e. The van der Waals surface area contributed by atoms with Gasteiger partial charge in [0.2, 0.25) is 6.29 Å². The molecule has 0 radical (unpaired) electrons. The van der Waals surface area contributed by atoms with Gasteiger partial charge < -0.3 is 30.5 Å². The number of carbonyl (C=O) groups excluding carboxylic acids is 4. The van der Waals surface area contributed by atoms with Gasteiger partial charge in [-0.1, -0.05) is 29.8 Å². The third-order valence-corrected chi connectivity index (χ3v) is 9.05.